The Kier molecular flexibility index (Phi) is 5.39. The molecule has 0 fully saturated rings. The van der Waals surface area contributed by atoms with Crippen molar-refractivity contribution in [2.75, 3.05) is 7.11 Å². The zero-order valence-corrected chi connectivity index (χ0v) is 12.8. The Morgan fingerprint density at radius 2 is 2.05 bits per heavy atom. The minimum absolute atomic E-state index is 0.0387. The van der Waals surface area contributed by atoms with Crippen LogP contribution in [0.2, 0.25) is 0 Å². The Labute approximate surface area is 120 Å². The molecule has 3 N–H and O–H groups in total. The molecule has 0 spiro atoms. The fraction of sp³-hybridized carbons (Fsp3) is 0.533. The van der Waals surface area contributed by atoms with Gasteiger partial charge < -0.3 is 20.5 Å². The number of benzene rings is 1. The molecule has 0 aliphatic carbocycles. The highest BCUT2D eigenvalue weighted by atomic mass is 16.5. The molecule has 1 aromatic rings. The normalized spacial score (nSPS) is 12.8. The molecule has 20 heavy (non-hydrogen) atoms. The maximum atomic E-state index is 11.9. The second-order valence-electron chi connectivity index (χ2n) is 5.85. The lowest BCUT2D eigenvalue weighted by Crippen LogP contribution is -2.49. The van der Waals surface area contributed by atoms with Gasteiger partial charge in [0.25, 0.3) is 0 Å². The fourth-order valence-corrected chi connectivity index (χ4v) is 1.67. The lowest BCUT2D eigenvalue weighted by Gasteiger charge is -2.23. The molecule has 0 saturated heterocycles. The van der Waals surface area contributed by atoms with Crippen LogP contribution in [0, 0.1) is 0 Å². The predicted octanol–water partition coefficient (Wildman–Crippen LogP) is 1.79. The van der Waals surface area contributed by atoms with Crippen LogP contribution in [0.25, 0.3) is 0 Å². The molecule has 0 aliphatic heterocycles. The third kappa shape index (κ3) is 5.09. The topological polar surface area (TPSA) is 70.6 Å². The van der Waals surface area contributed by atoms with E-state index >= 15 is 0 Å². The number of amides is 1. The molecule has 1 aromatic carbocycles. The molecule has 5 heteroatoms. The number of ether oxygens (including phenoxy) is 1. The summed E-state index contributed by atoms with van der Waals surface area (Å²) in [5.74, 6) is 0.495. The maximum Gasteiger partial charge on any atom is 0.237 e. The van der Waals surface area contributed by atoms with E-state index in [0.717, 1.165) is 5.56 Å². The summed E-state index contributed by atoms with van der Waals surface area (Å²) in [5.41, 5.74) is 0.699. The van der Waals surface area contributed by atoms with Gasteiger partial charge in [0.15, 0.2) is 11.5 Å². The van der Waals surface area contributed by atoms with Crippen molar-refractivity contribution in [1.29, 1.82) is 0 Å². The van der Waals surface area contributed by atoms with Crippen LogP contribution in [-0.2, 0) is 11.3 Å². The Morgan fingerprint density at radius 3 is 2.60 bits per heavy atom. The van der Waals surface area contributed by atoms with Gasteiger partial charge in [-0.1, -0.05) is 6.07 Å². The van der Waals surface area contributed by atoms with Crippen LogP contribution in [0.1, 0.15) is 33.3 Å². The quantitative estimate of drug-likeness (QED) is 0.769. The van der Waals surface area contributed by atoms with E-state index in [-0.39, 0.29) is 23.2 Å². The van der Waals surface area contributed by atoms with E-state index in [2.05, 4.69) is 10.6 Å². The average molecular weight is 280 g/mol. The third-order valence-electron chi connectivity index (χ3n) is 2.75. The van der Waals surface area contributed by atoms with Crippen LogP contribution in [0.15, 0.2) is 18.2 Å². The average Bonchev–Trinajstić information content (AvgIpc) is 2.35. The number of rotatable bonds is 5. The van der Waals surface area contributed by atoms with Crippen LogP contribution in [0.5, 0.6) is 11.5 Å². The van der Waals surface area contributed by atoms with E-state index in [1.165, 1.54) is 7.11 Å². The first-order chi connectivity index (χ1) is 9.23. The minimum atomic E-state index is -0.297. The number of hydrogen-bond donors (Lipinski definition) is 3. The van der Waals surface area contributed by atoms with Gasteiger partial charge in [0.05, 0.1) is 13.2 Å². The number of hydrogen-bond acceptors (Lipinski definition) is 4. The standard InChI is InChI=1S/C15H24N2O3/c1-10(14(19)17-15(2,3)4)16-9-11-6-7-12(18)13(8-11)20-5/h6-8,10,16,18H,9H2,1-5H3,(H,17,19). The van der Waals surface area contributed by atoms with Gasteiger partial charge in [-0.3, -0.25) is 4.79 Å². The van der Waals surface area contributed by atoms with Crippen molar-refractivity contribution in [3.05, 3.63) is 23.8 Å². The van der Waals surface area contributed by atoms with Crippen LogP contribution >= 0.6 is 0 Å². The van der Waals surface area contributed by atoms with Crippen molar-refractivity contribution < 1.29 is 14.6 Å². The van der Waals surface area contributed by atoms with E-state index in [9.17, 15) is 9.90 Å². The summed E-state index contributed by atoms with van der Waals surface area (Å²) in [6.45, 7) is 8.18. The van der Waals surface area contributed by atoms with Gasteiger partial charge in [-0.15, -0.1) is 0 Å². The Bertz CT molecular complexity index is 467. The van der Waals surface area contributed by atoms with Gasteiger partial charge in [0.1, 0.15) is 0 Å². The van der Waals surface area contributed by atoms with Crippen LogP contribution < -0.4 is 15.4 Å². The first-order valence-corrected chi connectivity index (χ1v) is 6.64. The Morgan fingerprint density at radius 1 is 1.40 bits per heavy atom. The number of methoxy groups -OCH3 is 1. The van der Waals surface area contributed by atoms with Crippen molar-refractivity contribution in [2.24, 2.45) is 0 Å². The molecule has 1 unspecified atom stereocenters. The highest BCUT2D eigenvalue weighted by molar-refractivity contribution is 5.81. The Hall–Kier alpha value is -1.75. The fourth-order valence-electron chi connectivity index (χ4n) is 1.67. The molecule has 0 aliphatic rings. The Balaban J connectivity index is 2.56. The first-order valence-electron chi connectivity index (χ1n) is 6.64. The SMILES string of the molecule is COc1cc(CNC(C)C(=O)NC(C)(C)C)ccc1O. The van der Waals surface area contributed by atoms with E-state index in [1.54, 1.807) is 18.2 Å². The maximum absolute atomic E-state index is 11.9. The summed E-state index contributed by atoms with van der Waals surface area (Å²) < 4.78 is 5.05. The van der Waals surface area contributed by atoms with Gasteiger partial charge in [-0.2, -0.15) is 0 Å². The minimum Gasteiger partial charge on any atom is -0.504 e. The second kappa shape index (κ2) is 6.61. The predicted molar refractivity (Wildman–Crippen MR) is 78.9 cm³/mol. The number of aromatic hydroxyl groups is 1. The lowest BCUT2D eigenvalue weighted by molar-refractivity contribution is -0.124. The number of nitrogens with one attached hydrogen (secondary N) is 2. The zero-order valence-electron chi connectivity index (χ0n) is 12.8. The van der Waals surface area contributed by atoms with Crippen LogP contribution in [-0.4, -0.2) is 29.7 Å². The monoisotopic (exact) mass is 280 g/mol. The number of carbonyl (C=O) groups excluding carboxylic acids is 1. The molecule has 112 valence electrons. The third-order valence-corrected chi connectivity index (χ3v) is 2.75. The molecule has 0 aromatic heterocycles. The van der Waals surface area contributed by atoms with E-state index in [4.69, 9.17) is 4.74 Å². The summed E-state index contributed by atoms with van der Waals surface area (Å²) in [6, 6.07) is 4.82. The molecule has 0 saturated carbocycles. The van der Waals surface area contributed by atoms with Crippen LogP contribution in [0.3, 0.4) is 0 Å². The van der Waals surface area contributed by atoms with E-state index in [0.29, 0.717) is 12.3 Å². The van der Waals surface area contributed by atoms with Gasteiger partial charge in [0.2, 0.25) is 5.91 Å². The van der Waals surface area contributed by atoms with Crippen molar-refractivity contribution in [3.63, 3.8) is 0 Å². The molecule has 1 atom stereocenters. The van der Waals surface area contributed by atoms with Crippen molar-refractivity contribution in [1.82, 2.24) is 10.6 Å². The van der Waals surface area contributed by atoms with Gasteiger partial charge in [-0.05, 0) is 45.4 Å². The highest BCUT2D eigenvalue weighted by Gasteiger charge is 2.18. The molecule has 0 bridgehead atoms. The second-order valence-corrected chi connectivity index (χ2v) is 5.85. The van der Waals surface area contributed by atoms with E-state index < -0.39 is 0 Å². The number of phenolic OH excluding ortho intramolecular Hbond substituents is 1. The van der Waals surface area contributed by atoms with Gasteiger partial charge >= 0.3 is 0 Å². The molecule has 1 amide bonds. The van der Waals surface area contributed by atoms with Crippen LogP contribution in [0.4, 0.5) is 0 Å². The van der Waals surface area contributed by atoms with Gasteiger partial charge in [0, 0.05) is 12.1 Å². The molecule has 1 rings (SSSR count). The van der Waals surface area contributed by atoms with Crippen molar-refractivity contribution in [2.45, 2.75) is 45.8 Å². The van der Waals surface area contributed by atoms with Gasteiger partial charge in [-0.25, -0.2) is 0 Å². The largest absolute Gasteiger partial charge is 0.504 e. The number of phenols is 1. The molecule has 0 heterocycles. The summed E-state index contributed by atoms with van der Waals surface area (Å²) in [6.07, 6.45) is 0. The zero-order chi connectivity index (χ0) is 15.3. The summed E-state index contributed by atoms with van der Waals surface area (Å²) in [7, 11) is 1.51. The molecular formula is C15H24N2O3. The molecule has 5 nitrogen and oxygen atoms in total. The summed E-state index contributed by atoms with van der Waals surface area (Å²) >= 11 is 0. The lowest BCUT2D eigenvalue weighted by atomic mass is 10.1. The van der Waals surface area contributed by atoms with Crippen molar-refractivity contribution in [3.8, 4) is 11.5 Å². The summed E-state index contributed by atoms with van der Waals surface area (Å²) in [5, 5.41) is 15.6. The smallest absolute Gasteiger partial charge is 0.237 e. The molecule has 0 radical (unpaired) electrons. The molecular weight excluding hydrogens is 256 g/mol. The summed E-state index contributed by atoms with van der Waals surface area (Å²) in [4.78, 5) is 11.9. The number of carbonyl (C=O) groups is 1. The highest BCUT2D eigenvalue weighted by Crippen LogP contribution is 2.26. The van der Waals surface area contributed by atoms with Crippen molar-refractivity contribution >= 4 is 5.91 Å². The first kappa shape index (κ1) is 16.3. The van der Waals surface area contributed by atoms with E-state index in [1.807, 2.05) is 27.7 Å².